The van der Waals surface area contributed by atoms with Crippen molar-refractivity contribution in [3.8, 4) is 0 Å². The smallest absolute Gasteiger partial charge is 0.339 e. The van der Waals surface area contributed by atoms with Crippen LogP contribution in [-0.2, 0) is 6.54 Å². The molecule has 0 fully saturated rings. The van der Waals surface area contributed by atoms with Gasteiger partial charge in [0.05, 0.1) is 5.75 Å². The van der Waals surface area contributed by atoms with E-state index >= 15 is 0 Å². The Morgan fingerprint density at radius 2 is 1.73 bits per heavy atom. The van der Waals surface area contributed by atoms with Gasteiger partial charge in [-0.3, -0.25) is 4.79 Å². The van der Waals surface area contributed by atoms with Crippen LogP contribution in [-0.4, -0.2) is 22.3 Å². The number of hydrogen-bond donors (Lipinski definition) is 0. The Balaban J connectivity index is 1.74. The number of hydrogen-bond acceptors (Lipinski definition) is 2. The highest BCUT2D eigenvalue weighted by Gasteiger charge is 2.30. The van der Waals surface area contributed by atoms with Crippen LogP contribution in [0.25, 0.3) is 10.8 Å². The molecule has 0 saturated carbocycles. The second kappa shape index (κ2) is 7.19. The molecule has 0 aliphatic rings. The first-order valence-electron chi connectivity index (χ1n) is 8.13. The van der Waals surface area contributed by atoms with Gasteiger partial charge in [-0.25, -0.2) is 0 Å². The number of ketones is 1. The fourth-order valence-corrected chi connectivity index (χ4v) is 3.82. The van der Waals surface area contributed by atoms with E-state index in [-0.39, 0.29) is 11.5 Å². The van der Waals surface area contributed by atoms with Gasteiger partial charge in [-0.1, -0.05) is 30.3 Å². The highest BCUT2D eigenvalue weighted by atomic mass is 32.2. The molecule has 26 heavy (non-hydrogen) atoms. The van der Waals surface area contributed by atoms with Crippen LogP contribution in [0, 0.1) is 13.8 Å². The number of carbonyl (C=O) groups is 1. The molecule has 0 aliphatic carbocycles. The number of thioether (sulfide) groups is 1. The first-order chi connectivity index (χ1) is 12.2. The lowest BCUT2D eigenvalue weighted by molar-refractivity contribution is -0.141. The molecule has 3 rings (SSSR count). The maximum Gasteiger partial charge on any atom is 0.406 e. The van der Waals surface area contributed by atoms with Crippen LogP contribution in [0.2, 0.25) is 0 Å². The summed E-state index contributed by atoms with van der Waals surface area (Å²) in [6.45, 7) is 2.08. The van der Waals surface area contributed by atoms with Gasteiger partial charge in [0.15, 0.2) is 5.78 Å². The first kappa shape index (κ1) is 18.6. The minimum Gasteiger partial charge on any atom is -0.339 e. The zero-order valence-corrected chi connectivity index (χ0v) is 15.2. The average molecular weight is 377 g/mol. The molecule has 1 aromatic heterocycles. The number of benzene rings is 2. The molecule has 6 heteroatoms. The van der Waals surface area contributed by atoms with Crippen molar-refractivity contribution in [1.82, 2.24) is 4.57 Å². The Morgan fingerprint density at radius 1 is 1.04 bits per heavy atom. The molecule has 0 N–H and O–H groups in total. The number of carbonyl (C=O) groups excluding carboxylic acids is 1. The van der Waals surface area contributed by atoms with Gasteiger partial charge in [-0.05, 0) is 42.8 Å². The topological polar surface area (TPSA) is 22.0 Å². The lowest BCUT2D eigenvalue weighted by atomic mass is 10.1. The Kier molecular flexibility index (Phi) is 5.14. The van der Waals surface area contributed by atoms with Crippen LogP contribution in [0.3, 0.4) is 0 Å². The molecular formula is C20H18F3NOS. The largest absolute Gasteiger partial charge is 0.406 e. The molecule has 0 atom stereocenters. The lowest BCUT2D eigenvalue weighted by Crippen LogP contribution is -2.19. The maximum atomic E-state index is 12.7. The summed E-state index contributed by atoms with van der Waals surface area (Å²) in [5.74, 6) is 0.0268. The summed E-state index contributed by atoms with van der Waals surface area (Å²) in [6.07, 6.45) is -4.31. The number of nitrogens with zero attached hydrogens (tertiary/aromatic N) is 1. The minimum absolute atomic E-state index is 0.162. The van der Waals surface area contributed by atoms with Crippen molar-refractivity contribution in [2.75, 3.05) is 5.75 Å². The standard InChI is InChI=1S/C20H18F3NOS/c1-13-9-18(14(2)24(13)12-20(21,22)23)19(25)11-26-17-8-7-15-5-3-4-6-16(15)10-17/h3-10H,11-12H2,1-2H3. The summed E-state index contributed by atoms with van der Waals surface area (Å²) in [4.78, 5) is 13.5. The molecule has 0 bridgehead atoms. The van der Waals surface area contributed by atoms with Gasteiger partial charge in [0.1, 0.15) is 6.54 Å². The summed E-state index contributed by atoms with van der Waals surface area (Å²) < 4.78 is 39.2. The second-order valence-electron chi connectivity index (χ2n) is 6.21. The molecule has 2 nitrogen and oxygen atoms in total. The summed E-state index contributed by atoms with van der Waals surface area (Å²) in [5.41, 5.74) is 1.17. The van der Waals surface area contributed by atoms with E-state index < -0.39 is 12.7 Å². The van der Waals surface area contributed by atoms with Crippen LogP contribution in [0.4, 0.5) is 13.2 Å². The Hall–Kier alpha value is -2.21. The molecule has 0 amide bonds. The van der Waals surface area contributed by atoms with Crippen molar-refractivity contribution in [3.05, 3.63) is 65.5 Å². The van der Waals surface area contributed by atoms with Gasteiger partial charge in [-0.15, -0.1) is 11.8 Å². The third-order valence-corrected chi connectivity index (χ3v) is 5.30. The number of halogens is 3. The average Bonchev–Trinajstić information content (AvgIpc) is 2.86. The Bertz CT molecular complexity index is 959. The summed E-state index contributed by atoms with van der Waals surface area (Å²) in [6, 6.07) is 15.5. The van der Waals surface area contributed by atoms with E-state index in [0.717, 1.165) is 20.2 Å². The lowest BCUT2D eigenvalue weighted by Gasteiger charge is -2.12. The van der Waals surface area contributed by atoms with Crippen LogP contribution in [0.5, 0.6) is 0 Å². The van der Waals surface area contributed by atoms with Crippen molar-refractivity contribution in [3.63, 3.8) is 0 Å². The van der Waals surface area contributed by atoms with Gasteiger partial charge in [0.2, 0.25) is 0 Å². The van der Waals surface area contributed by atoms with Crippen molar-refractivity contribution in [2.45, 2.75) is 31.5 Å². The third-order valence-electron chi connectivity index (χ3n) is 4.30. The molecule has 0 aliphatic heterocycles. The zero-order valence-electron chi connectivity index (χ0n) is 14.4. The molecule has 3 aromatic rings. The van der Waals surface area contributed by atoms with E-state index in [2.05, 4.69) is 0 Å². The minimum atomic E-state index is -4.31. The molecule has 136 valence electrons. The number of alkyl halides is 3. The van der Waals surface area contributed by atoms with Gasteiger partial charge in [-0.2, -0.15) is 13.2 Å². The zero-order chi connectivity index (χ0) is 18.9. The number of aromatic nitrogens is 1. The normalized spacial score (nSPS) is 11.9. The van der Waals surface area contributed by atoms with Crippen LogP contribution >= 0.6 is 11.8 Å². The van der Waals surface area contributed by atoms with Crippen molar-refractivity contribution >= 4 is 28.3 Å². The molecule has 1 heterocycles. The highest BCUT2D eigenvalue weighted by molar-refractivity contribution is 8.00. The van der Waals surface area contributed by atoms with E-state index in [9.17, 15) is 18.0 Å². The molecule has 2 aromatic carbocycles. The van der Waals surface area contributed by atoms with E-state index in [4.69, 9.17) is 0 Å². The molecule has 0 spiro atoms. The number of Topliss-reactive ketones (excluding diaryl/α,β-unsaturated/α-hetero) is 1. The van der Waals surface area contributed by atoms with E-state index in [1.807, 2.05) is 42.5 Å². The number of fused-ring (bicyclic) bond motifs is 1. The summed E-state index contributed by atoms with van der Waals surface area (Å²) >= 11 is 1.39. The van der Waals surface area contributed by atoms with Gasteiger partial charge < -0.3 is 4.57 Å². The molecule has 0 saturated heterocycles. The number of rotatable bonds is 5. The fraction of sp³-hybridized carbons (Fsp3) is 0.250. The predicted octanol–water partition coefficient (Wildman–Crippen LogP) is 5.80. The van der Waals surface area contributed by atoms with Crippen LogP contribution in [0.15, 0.2) is 53.4 Å². The van der Waals surface area contributed by atoms with Crippen LogP contribution < -0.4 is 0 Å². The predicted molar refractivity (Wildman–Crippen MR) is 99.0 cm³/mol. The summed E-state index contributed by atoms with van der Waals surface area (Å²) in [5, 5.41) is 2.21. The van der Waals surface area contributed by atoms with Crippen molar-refractivity contribution < 1.29 is 18.0 Å². The SMILES string of the molecule is Cc1cc(C(=O)CSc2ccc3ccccc3c2)c(C)n1CC(F)(F)F. The van der Waals surface area contributed by atoms with E-state index in [1.165, 1.54) is 11.8 Å². The monoisotopic (exact) mass is 377 g/mol. The van der Waals surface area contributed by atoms with E-state index in [1.54, 1.807) is 19.9 Å². The third kappa shape index (κ3) is 4.12. The number of aryl methyl sites for hydroxylation is 1. The summed E-state index contributed by atoms with van der Waals surface area (Å²) in [7, 11) is 0. The molecule has 0 unspecified atom stereocenters. The van der Waals surface area contributed by atoms with E-state index in [0.29, 0.717) is 17.0 Å². The van der Waals surface area contributed by atoms with Crippen LogP contribution in [0.1, 0.15) is 21.7 Å². The molecule has 0 radical (unpaired) electrons. The van der Waals surface area contributed by atoms with Crippen molar-refractivity contribution in [1.29, 1.82) is 0 Å². The van der Waals surface area contributed by atoms with Crippen molar-refractivity contribution in [2.24, 2.45) is 0 Å². The maximum absolute atomic E-state index is 12.7. The first-order valence-corrected chi connectivity index (χ1v) is 9.11. The quantitative estimate of drug-likeness (QED) is 0.414. The Labute approximate surface area is 154 Å². The fourth-order valence-electron chi connectivity index (χ4n) is 2.99. The van der Waals surface area contributed by atoms with Gasteiger partial charge >= 0.3 is 6.18 Å². The molecular weight excluding hydrogens is 359 g/mol. The second-order valence-corrected chi connectivity index (χ2v) is 7.26. The highest BCUT2D eigenvalue weighted by Crippen LogP contribution is 2.27. The van der Waals surface area contributed by atoms with Gasteiger partial charge in [0, 0.05) is 21.8 Å². The van der Waals surface area contributed by atoms with Gasteiger partial charge in [0.25, 0.3) is 0 Å². The Morgan fingerprint density at radius 3 is 2.42 bits per heavy atom.